The van der Waals surface area contributed by atoms with Gasteiger partial charge >= 0.3 is 6.18 Å². The molecule has 1 aromatic heterocycles. The van der Waals surface area contributed by atoms with Crippen molar-refractivity contribution in [3.05, 3.63) is 71.4 Å². The quantitative estimate of drug-likeness (QED) is 0.684. The van der Waals surface area contributed by atoms with Gasteiger partial charge in [0.1, 0.15) is 5.82 Å². The zero-order valence-electron chi connectivity index (χ0n) is 13.8. The van der Waals surface area contributed by atoms with Gasteiger partial charge in [-0.2, -0.15) is 13.2 Å². The first kappa shape index (κ1) is 18.6. The van der Waals surface area contributed by atoms with Gasteiger partial charge in [0, 0.05) is 24.1 Å². The number of amides is 1. The molecule has 27 heavy (non-hydrogen) atoms. The zero-order valence-corrected chi connectivity index (χ0v) is 13.8. The SMILES string of the molecule is O=C(NCCc1nnc(-c2ccccc2)o1)c1cc(F)cc(C(F)(F)F)c1. The maximum absolute atomic E-state index is 13.4. The molecule has 0 unspecified atom stereocenters. The average molecular weight is 379 g/mol. The molecule has 0 saturated heterocycles. The molecule has 0 fully saturated rings. The van der Waals surface area contributed by atoms with E-state index in [0.717, 1.165) is 11.6 Å². The minimum Gasteiger partial charge on any atom is -0.421 e. The first-order valence-electron chi connectivity index (χ1n) is 7.87. The molecule has 0 aliphatic carbocycles. The maximum atomic E-state index is 13.4. The molecule has 1 amide bonds. The molecule has 0 atom stereocenters. The number of halogens is 4. The molecule has 0 aliphatic heterocycles. The van der Waals surface area contributed by atoms with Crippen molar-refractivity contribution in [3.63, 3.8) is 0 Å². The molecule has 0 spiro atoms. The van der Waals surface area contributed by atoms with Crippen LogP contribution >= 0.6 is 0 Å². The number of carbonyl (C=O) groups excluding carboxylic acids is 1. The highest BCUT2D eigenvalue weighted by Crippen LogP contribution is 2.30. The molecule has 1 N–H and O–H groups in total. The Balaban J connectivity index is 1.61. The van der Waals surface area contributed by atoms with Crippen molar-refractivity contribution in [2.75, 3.05) is 6.54 Å². The lowest BCUT2D eigenvalue weighted by atomic mass is 10.1. The highest BCUT2D eigenvalue weighted by Gasteiger charge is 2.32. The standard InChI is InChI=1S/C18H13F4N3O2/c19-14-9-12(8-13(10-14)18(20,21)22)16(26)23-7-6-15-24-25-17(27-15)11-4-2-1-3-5-11/h1-5,8-10H,6-7H2,(H,23,26). The van der Waals surface area contributed by atoms with Crippen LogP contribution in [-0.4, -0.2) is 22.6 Å². The third kappa shape index (κ3) is 4.69. The van der Waals surface area contributed by atoms with Gasteiger partial charge in [0.2, 0.25) is 11.8 Å². The maximum Gasteiger partial charge on any atom is 0.416 e. The Morgan fingerprint density at radius 1 is 1.07 bits per heavy atom. The number of rotatable bonds is 5. The van der Waals surface area contributed by atoms with Crippen molar-refractivity contribution < 1.29 is 26.8 Å². The molecule has 5 nitrogen and oxygen atoms in total. The van der Waals surface area contributed by atoms with E-state index < -0.39 is 29.0 Å². The van der Waals surface area contributed by atoms with Crippen LogP contribution < -0.4 is 5.32 Å². The van der Waals surface area contributed by atoms with Gasteiger partial charge in [-0.25, -0.2) is 4.39 Å². The van der Waals surface area contributed by atoms with E-state index in [1.54, 1.807) is 12.1 Å². The molecule has 0 aliphatic rings. The smallest absolute Gasteiger partial charge is 0.416 e. The molecule has 2 aromatic carbocycles. The van der Waals surface area contributed by atoms with Crippen LogP contribution in [-0.2, 0) is 12.6 Å². The van der Waals surface area contributed by atoms with Crippen LogP contribution in [0.1, 0.15) is 21.8 Å². The molecular weight excluding hydrogens is 366 g/mol. The lowest BCUT2D eigenvalue weighted by molar-refractivity contribution is -0.137. The normalized spacial score (nSPS) is 11.4. The second-order valence-corrected chi connectivity index (χ2v) is 5.60. The van der Waals surface area contributed by atoms with Crippen LogP contribution in [0, 0.1) is 5.82 Å². The van der Waals surface area contributed by atoms with Crippen LogP contribution in [0.4, 0.5) is 17.6 Å². The number of nitrogens with zero attached hydrogens (tertiary/aromatic N) is 2. The Bertz CT molecular complexity index is 939. The van der Waals surface area contributed by atoms with Gasteiger partial charge in [0.25, 0.3) is 5.91 Å². The number of carbonyl (C=O) groups is 1. The van der Waals surface area contributed by atoms with Crippen LogP contribution in [0.25, 0.3) is 11.5 Å². The Morgan fingerprint density at radius 2 is 1.81 bits per heavy atom. The number of aromatic nitrogens is 2. The van der Waals surface area contributed by atoms with Crippen molar-refractivity contribution in [1.29, 1.82) is 0 Å². The molecule has 1 heterocycles. The second kappa shape index (κ2) is 7.56. The fourth-order valence-corrected chi connectivity index (χ4v) is 2.32. The predicted octanol–water partition coefficient (Wildman–Crippen LogP) is 3.87. The molecule has 3 aromatic rings. The summed E-state index contributed by atoms with van der Waals surface area (Å²) in [6.45, 7) is 0.0348. The summed E-state index contributed by atoms with van der Waals surface area (Å²) < 4.78 is 56.9. The van der Waals surface area contributed by atoms with Crippen molar-refractivity contribution in [3.8, 4) is 11.5 Å². The van der Waals surface area contributed by atoms with Crippen molar-refractivity contribution >= 4 is 5.91 Å². The van der Waals surface area contributed by atoms with E-state index in [9.17, 15) is 22.4 Å². The minimum absolute atomic E-state index is 0.0348. The molecule has 0 radical (unpaired) electrons. The number of hydrogen-bond acceptors (Lipinski definition) is 4. The summed E-state index contributed by atoms with van der Waals surface area (Å²) >= 11 is 0. The van der Waals surface area contributed by atoms with Crippen LogP contribution in [0.2, 0.25) is 0 Å². The Morgan fingerprint density at radius 3 is 2.52 bits per heavy atom. The van der Waals surface area contributed by atoms with E-state index in [1.165, 1.54) is 0 Å². The van der Waals surface area contributed by atoms with Gasteiger partial charge in [0.05, 0.1) is 5.56 Å². The Hall–Kier alpha value is -3.23. The van der Waals surface area contributed by atoms with Crippen LogP contribution in [0.5, 0.6) is 0 Å². The van der Waals surface area contributed by atoms with Gasteiger partial charge in [-0.3, -0.25) is 4.79 Å². The predicted molar refractivity (Wildman–Crippen MR) is 87.2 cm³/mol. The fourth-order valence-electron chi connectivity index (χ4n) is 2.32. The molecule has 140 valence electrons. The lowest BCUT2D eigenvalue weighted by Gasteiger charge is -2.09. The number of nitrogens with one attached hydrogen (secondary N) is 1. The van der Waals surface area contributed by atoms with Crippen LogP contribution in [0.15, 0.2) is 52.9 Å². The van der Waals surface area contributed by atoms with E-state index in [2.05, 4.69) is 15.5 Å². The second-order valence-electron chi connectivity index (χ2n) is 5.60. The summed E-state index contributed by atoms with van der Waals surface area (Å²) in [6.07, 6.45) is -4.57. The number of alkyl halides is 3. The largest absolute Gasteiger partial charge is 0.421 e. The summed E-state index contributed by atoms with van der Waals surface area (Å²) in [4.78, 5) is 12.0. The van der Waals surface area contributed by atoms with E-state index in [-0.39, 0.29) is 18.9 Å². The summed E-state index contributed by atoms with van der Waals surface area (Å²) in [6, 6.07) is 10.7. The van der Waals surface area contributed by atoms with Crippen molar-refractivity contribution in [1.82, 2.24) is 15.5 Å². The lowest BCUT2D eigenvalue weighted by Crippen LogP contribution is -2.26. The third-order valence-electron chi connectivity index (χ3n) is 3.60. The molecule has 3 rings (SSSR count). The highest BCUT2D eigenvalue weighted by molar-refractivity contribution is 5.94. The fraction of sp³-hybridized carbons (Fsp3) is 0.167. The first-order valence-corrected chi connectivity index (χ1v) is 7.87. The van der Waals surface area contributed by atoms with Gasteiger partial charge in [-0.15, -0.1) is 10.2 Å². The molecular formula is C18H13F4N3O2. The molecule has 0 saturated carbocycles. The van der Waals surface area contributed by atoms with E-state index in [1.807, 2.05) is 18.2 Å². The molecule has 9 heteroatoms. The minimum atomic E-state index is -4.74. The van der Waals surface area contributed by atoms with Gasteiger partial charge in [-0.1, -0.05) is 18.2 Å². The van der Waals surface area contributed by atoms with Crippen molar-refractivity contribution in [2.24, 2.45) is 0 Å². The first-order chi connectivity index (χ1) is 12.8. The van der Waals surface area contributed by atoms with Gasteiger partial charge in [-0.05, 0) is 30.3 Å². The van der Waals surface area contributed by atoms with Crippen LogP contribution in [0.3, 0.4) is 0 Å². The summed E-state index contributed by atoms with van der Waals surface area (Å²) in [5.74, 6) is -1.40. The number of benzene rings is 2. The monoisotopic (exact) mass is 379 g/mol. The third-order valence-corrected chi connectivity index (χ3v) is 3.60. The summed E-state index contributed by atoms with van der Waals surface area (Å²) in [5, 5.41) is 10.1. The highest BCUT2D eigenvalue weighted by atomic mass is 19.4. The summed E-state index contributed by atoms with van der Waals surface area (Å²) in [7, 11) is 0. The average Bonchev–Trinajstić information content (AvgIpc) is 3.10. The Kier molecular flexibility index (Phi) is 5.20. The van der Waals surface area contributed by atoms with E-state index in [4.69, 9.17) is 4.42 Å². The topological polar surface area (TPSA) is 68.0 Å². The van der Waals surface area contributed by atoms with E-state index >= 15 is 0 Å². The summed E-state index contributed by atoms with van der Waals surface area (Å²) in [5.41, 5.74) is -0.908. The zero-order chi connectivity index (χ0) is 19.4. The van der Waals surface area contributed by atoms with Gasteiger partial charge < -0.3 is 9.73 Å². The van der Waals surface area contributed by atoms with Crippen molar-refractivity contribution in [2.45, 2.75) is 12.6 Å². The van der Waals surface area contributed by atoms with E-state index in [0.29, 0.717) is 18.0 Å². The number of hydrogen-bond donors (Lipinski definition) is 1. The Labute approximate surface area is 151 Å². The van der Waals surface area contributed by atoms with Gasteiger partial charge in [0.15, 0.2) is 0 Å². The molecule has 0 bridgehead atoms.